The number of aliphatic hydroxyl groups is 1. The zero-order chi connectivity index (χ0) is 9.41. The Bertz CT molecular complexity index is 156. The summed E-state index contributed by atoms with van der Waals surface area (Å²) in [4.78, 5) is 0. The van der Waals surface area contributed by atoms with Crippen molar-refractivity contribution in [3.63, 3.8) is 0 Å². The van der Waals surface area contributed by atoms with Crippen LogP contribution in [0.25, 0.3) is 0 Å². The first-order chi connectivity index (χ1) is 5.36. The highest BCUT2D eigenvalue weighted by atomic mass is 19.3. The molecule has 1 aliphatic carbocycles. The van der Waals surface area contributed by atoms with Gasteiger partial charge in [-0.3, -0.25) is 0 Å². The number of hydrogen-bond acceptors (Lipinski definition) is 1. The van der Waals surface area contributed by atoms with Gasteiger partial charge in [0.15, 0.2) is 0 Å². The molecule has 0 atom stereocenters. The van der Waals surface area contributed by atoms with Crippen LogP contribution in [-0.4, -0.2) is 16.6 Å². The van der Waals surface area contributed by atoms with Gasteiger partial charge in [-0.1, -0.05) is 13.8 Å². The molecule has 1 fully saturated rings. The van der Waals surface area contributed by atoms with E-state index >= 15 is 0 Å². The molecule has 0 bridgehead atoms. The highest BCUT2D eigenvalue weighted by molar-refractivity contribution is 4.90. The van der Waals surface area contributed by atoms with E-state index in [1.807, 2.05) is 13.8 Å². The van der Waals surface area contributed by atoms with E-state index in [4.69, 9.17) is 0 Å². The summed E-state index contributed by atoms with van der Waals surface area (Å²) in [5, 5.41) is 9.85. The molecule has 1 N–H and O–H groups in total. The molecule has 1 nitrogen and oxygen atoms in total. The first-order valence-corrected chi connectivity index (χ1v) is 4.46. The van der Waals surface area contributed by atoms with Gasteiger partial charge in [0.1, 0.15) is 0 Å². The molecule has 0 unspecified atom stereocenters. The summed E-state index contributed by atoms with van der Waals surface area (Å²) in [6.45, 7) is 3.76. The van der Waals surface area contributed by atoms with E-state index in [1.165, 1.54) is 0 Å². The molecule has 0 spiro atoms. The Balaban J connectivity index is 2.55. The third-order valence-electron chi connectivity index (χ3n) is 2.92. The maximum atomic E-state index is 12.7. The second-order valence-corrected chi connectivity index (χ2v) is 4.11. The van der Waals surface area contributed by atoms with Gasteiger partial charge in [0.2, 0.25) is 5.92 Å². The molecular weight excluding hydrogens is 162 g/mol. The van der Waals surface area contributed by atoms with Crippen LogP contribution < -0.4 is 0 Å². The molecule has 0 aromatic heterocycles. The Kier molecular flexibility index (Phi) is 2.43. The Morgan fingerprint density at radius 3 is 1.83 bits per heavy atom. The molecule has 3 heteroatoms. The second kappa shape index (κ2) is 2.95. The minimum Gasteiger partial charge on any atom is -0.390 e. The summed E-state index contributed by atoms with van der Waals surface area (Å²) in [6.07, 6.45) is 0.138. The van der Waals surface area contributed by atoms with E-state index in [1.54, 1.807) is 0 Å². The van der Waals surface area contributed by atoms with Crippen LogP contribution in [0, 0.1) is 5.92 Å². The lowest BCUT2D eigenvalue weighted by Gasteiger charge is -2.38. The molecule has 1 rings (SSSR count). The maximum Gasteiger partial charge on any atom is 0.248 e. The fourth-order valence-corrected chi connectivity index (χ4v) is 1.63. The van der Waals surface area contributed by atoms with Crippen LogP contribution in [0.3, 0.4) is 0 Å². The highest BCUT2D eigenvalue weighted by Gasteiger charge is 2.43. The lowest BCUT2D eigenvalue weighted by molar-refractivity contribution is -0.120. The maximum absolute atomic E-state index is 12.7. The fraction of sp³-hybridized carbons (Fsp3) is 1.00. The monoisotopic (exact) mass is 178 g/mol. The summed E-state index contributed by atoms with van der Waals surface area (Å²) >= 11 is 0. The molecular formula is C9H16F2O. The Morgan fingerprint density at radius 1 is 1.08 bits per heavy atom. The van der Waals surface area contributed by atoms with Crippen LogP contribution in [0.4, 0.5) is 8.78 Å². The van der Waals surface area contributed by atoms with Crippen LogP contribution in [0.15, 0.2) is 0 Å². The van der Waals surface area contributed by atoms with Crippen LogP contribution in [0.1, 0.15) is 39.5 Å². The SMILES string of the molecule is CC(C)C1(O)CCC(F)(F)CC1. The number of hydrogen-bond donors (Lipinski definition) is 1. The third kappa shape index (κ3) is 1.94. The van der Waals surface area contributed by atoms with Gasteiger partial charge in [0.05, 0.1) is 5.60 Å². The minimum absolute atomic E-state index is 0.0774. The third-order valence-corrected chi connectivity index (χ3v) is 2.92. The van der Waals surface area contributed by atoms with Crippen molar-refractivity contribution in [2.24, 2.45) is 5.92 Å². The standard InChI is InChI=1S/C9H16F2O/c1-7(2)8(12)3-5-9(10,11)6-4-8/h7,12H,3-6H2,1-2H3. The van der Waals surface area contributed by atoms with Crippen molar-refractivity contribution in [3.05, 3.63) is 0 Å². The average molecular weight is 178 g/mol. The highest BCUT2D eigenvalue weighted by Crippen LogP contribution is 2.41. The minimum atomic E-state index is -2.54. The molecule has 0 radical (unpaired) electrons. The molecule has 0 aromatic carbocycles. The average Bonchev–Trinajstić information content (AvgIpc) is 1.96. The van der Waals surface area contributed by atoms with E-state index in [2.05, 4.69) is 0 Å². The van der Waals surface area contributed by atoms with Gasteiger partial charge in [0.25, 0.3) is 0 Å². The van der Waals surface area contributed by atoms with Gasteiger partial charge >= 0.3 is 0 Å². The van der Waals surface area contributed by atoms with Crippen molar-refractivity contribution in [2.75, 3.05) is 0 Å². The smallest absolute Gasteiger partial charge is 0.248 e. The fourth-order valence-electron chi connectivity index (χ4n) is 1.63. The number of rotatable bonds is 1. The molecule has 12 heavy (non-hydrogen) atoms. The zero-order valence-electron chi connectivity index (χ0n) is 7.61. The quantitative estimate of drug-likeness (QED) is 0.654. The first-order valence-electron chi connectivity index (χ1n) is 4.46. The van der Waals surface area contributed by atoms with Crippen molar-refractivity contribution < 1.29 is 13.9 Å². The molecule has 0 aliphatic heterocycles. The summed E-state index contributed by atoms with van der Waals surface area (Å²) in [5.41, 5.74) is -0.846. The summed E-state index contributed by atoms with van der Waals surface area (Å²) in [6, 6.07) is 0. The molecule has 72 valence electrons. The van der Waals surface area contributed by atoms with Crippen LogP contribution >= 0.6 is 0 Å². The van der Waals surface area contributed by atoms with Gasteiger partial charge < -0.3 is 5.11 Å². The molecule has 0 aromatic rings. The summed E-state index contributed by atoms with van der Waals surface area (Å²) in [5.74, 6) is -2.46. The molecule has 0 saturated heterocycles. The predicted octanol–water partition coefficient (Wildman–Crippen LogP) is 2.58. The second-order valence-electron chi connectivity index (χ2n) is 4.11. The van der Waals surface area contributed by atoms with Crippen LogP contribution in [-0.2, 0) is 0 Å². The van der Waals surface area contributed by atoms with Crippen molar-refractivity contribution in [2.45, 2.75) is 51.1 Å². The van der Waals surface area contributed by atoms with Crippen LogP contribution in [0.5, 0.6) is 0 Å². The predicted molar refractivity (Wildman–Crippen MR) is 43.2 cm³/mol. The van der Waals surface area contributed by atoms with Crippen molar-refractivity contribution >= 4 is 0 Å². The van der Waals surface area contributed by atoms with Gasteiger partial charge in [-0.05, 0) is 18.8 Å². The van der Waals surface area contributed by atoms with Gasteiger partial charge in [0, 0.05) is 12.8 Å². The largest absolute Gasteiger partial charge is 0.390 e. The summed E-state index contributed by atoms with van der Waals surface area (Å²) in [7, 11) is 0. The first kappa shape index (κ1) is 9.90. The topological polar surface area (TPSA) is 20.2 Å². The van der Waals surface area contributed by atoms with E-state index in [0.29, 0.717) is 0 Å². The van der Waals surface area contributed by atoms with Crippen LogP contribution in [0.2, 0.25) is 0 Å². The van der Waals surface area contributed by atoms with E-state index in [-0.39, 0.29) is 31.6 Å². The zero-order valence-corrected chi connectivity index (χ0v) is 7.61. The van der Waals surface area contributed by atoms with E-state index in [0.717, 1.165) is 0 Å². The summed E-state index contributed by atoms with van der Waals surface area (Å²) < 4.78 is 25.4. The lowest BCUT2D eigenvalue weighted by Crippen LogP contribution is -2.42. The Hall–Kier alpha value is -0.180. The van der Waals surface area contributed by atoms with Crippen molar-refractivity contribution in [1.29, 1.82) is 0 Å². The van der Waals surface area contributed by atoms with E-state index < -0.39 is 11.5 Å². The Morgan fingerprint density at radius 2 is 1.50 bits per heavy atom. The van der Waals surface area contributed by atoms with Crippen molar-refractivity contribution in [3.8, 4) is 0 Å². The number of alkyl halides is 2. The van der Waals surface area contributed by atoms with Gasteiger partial charge in [-0.2, -0.15) is 0 Å². The molecule has 0 heterocycles. The van der Waals surface area contributed by atoms with Gasteiger partial charge in [-0.15, -0.1) is 0 Å². The normalized spacial score (nSPS) is 27.5. The van der Waals surface area contributed by atoms with E-state index in [9.17, 15) is 13.9 Å². The van der Waals surface area contributed by atoms with Crippen molar-refractivity contribution in [1.82, 2.24) is 0 Å². The Labute approximate surface area is 71.8 Å². The molecule has 1 saturated carbocycles. The molecule has 1 aliphatic rings. The van der Waals surface area contributed by atoms with Gasteiger partial charge in [-0.25, -0.2) is 8.78 Å². The molecule has 0 amide bonds. The number of halogens is 2. The lowest BCUT2D eigenvalue weighted by atomic mass is 9.76.